The normalized spacial score (nSPS) is 22.9. The van der Waals surface area contributed by atoms with Crippen molar-refractivity contribution in [2.24, 2.45) is 5.92 Å². The predicted molar refractivity (Wildman–Crippen MR) is 95.7 cm³/mol. The lowest BCUT2D eigenvalue weighted by Crippen LogP contribution is -2.63. The van der Waals surface area contributed by atoms with Gasteiger partial charge >= 0.3 is 0 Å². The maximum Gasteiger partial charge on any atom is 0.255 e. The third-order valence-electron chi connectivity index (χ3n) is 5.59. The summed E-state index contributed by atoms with van der Waals surface area (Å²) in [7, 11) is 0. The van der Waals surface area contributed by atoms with E-state index in [0.717, 1.165) is 35.8 Å². The third kappa shape index (κ3) is 2.81. The van der Waals surface area contributed by atoms with Crippen LogP contribution in [0.1, 0.15) is 48.9 Å². The molecule has 0 radical (unpaired) electrons. The van der Waals surface area contributed by atoms with Crippen LogP contribution in [0.5, 0.6) is 0 Å². The van der Waals surface area contributed by atoms with Gasteiger partial charge in [-0.15, -0.1) is 0 Å². The molecule has 0 atom stereocenters. The van der Waals surface area contributed by atoms with Crippen LogP contribution in [0, 0.1) is 5.92 Å². The standard InChI is InChI=1S/C18H22BrN3O2/c19-13-5-6-15-14(11-13)16(23)21-18(20-15)7-9-22(10-8-18)17(24)12-3-1-2-4-12/h5-6,11-12,20H,1-4,7-10H2,(H,21,23). The van der Waals surface area contributed by atoms with Gasteiger partial charge in [-0.1, -0.05) is 28.8 Å². The predicted octanol–water partition coefficient (Wildman–Crippen LogP) is 3.11. The van der Waals surface area contributed by atoms with Crippen molar-refractivity contribution in [2.75, 3.05) is 18.4 Å². The van der Waals surface area contributed by atoms with Gasteiger partial charge in [-0.05, 0) is 31.0 Å². The minimum absolute atomic E-state index is 0.0411. The molecular formula is C18H22BrN3O2. The number of nitrogens with zero attached hydrogens (tertiary/aromatic N) is 1. The molecule has 128 valence electrons. The Balaban J connectivity index is 1.46. The summed E-state index contributed by atoms with van der Waals surface area (Å²) in [6.45, 7) is 1.41. The van der Waals surface area contributed by atoms with Crippen LogP contribution in [-0.4, -0.2) is 35.5 Å². The fourth-order valence-corrected chi connectivity index (χ4v) is 4.54. The molecule has 0 aromatic heterocycles. The van der Waals surface area contributed by atoms with Gasteiger partial charge in [-0.25, -0.2) is 0 Å². The topological polar surface area (TPSA) is 61.4 Å². The first-order valence-corrected chi connectivity index (χ1v) is 9.55. The summed E-state index contributed by atoms with van der Waals surface area (Å²) in [5.74, 6) is 0.500. The molecule has 2 fully saturated rings. The molecule has 5 nitrogen and oxygen atoms in total. The van der Waals surface area contributed by atoms with Crippen LogP contribution in [0.2, 0.25) is 0 Å². The SMILES string of the molecule is O=C1NC2(CCN(C(=O)C3CCCC3)CC2)Nc2ccc(Br)cc21. The second-order valence-electron chi connectivity index (χ2n) is 7.16. The number of amides is 2. The molecule has 2 amide bonds. The van der Waals surface area contributed by atoms with Crippen LogP contribution in [0.3, 0.4) is 0 Å². The molecule has 2 aliphatic heterocycles. The highest BCUT2D eigenvalue weighted by Crippen LogP contribution is 2.34. The number of carbonyl (C=O) groups excluding carboxylic acids is 2. The zero-order valence-corrected chi connectivity index (χ0v) is 15.2. The van der Waals surface area contributed by atoms with Gasteiger partial charge in [0.05, 0.1) is 5.56 Å². The van der Waals surface area contributed by atoms with Gasteiger partial charge in [0.25, 0.3) is 5.91 Å². The van der Waals surface area contributed by atoms with Gasteiger partial charge in [0, 0.05) is 42.0 Å². The van der Waals surface area contributed by atoms with Crippen molar-refractivity contribution in [1.82, 2.24) is 10.2 Å². The maximum atomic E-state index is 12.6. The molecule has 0 bridgehead atoms. The first-order chi connectivity index (χ1) is 11.6. The lowest BCUT2D eigenvalue weighted by molar-refractivity contribution is -0.136. The average Bonchev–Trinajstić information content (AvgIpc) is 3.10. The van der Waals surface area contributed by atoms with Gasteiger partial charge in [0.2, 0.25) is 5.91 Å². The number of carbonyl (C=O) groups is 2. The molecule has 1 aromatic carbocycles. The Hall–Kier alpha value is -1.56. The van der Waals surface area contributed by atoms with Gasteiger partial charge in [0.1, 0.15) is 5.66 Å². The van der Waals surface area contributed by atoms with Crippen molar-refractivity contribution >= 4 is 33.4 Å². The number of halogens is 1. The van der Waals surface area contributed by atoms with Crippen molar-refractivity contribution in [3.05, 3.63) is 28.2 Å². The minimum Gasteiger partial charge on any atom is -0.362 e. The number of nitrogens with one attached hydrogen (secondary N) is 2. The molecule has 3 aliphatic rings. The van der Waals surface area contributed by atoms with E-state index in [1.54, 1.807) is 0 Å². The number of fused-ring (bicyclic) bond motifs is 1. The summed E-state index contributed by atoms with van der Waals surface area (Å²) < 4.78 is 0.895. The van der Waals surface area contributed by atoms with E-state index in [4.69, 9.17) is 0 Å². The van der Waals surface area contributed by atoms with Crippen molar-refractivity contribution in [3.63, 3.8) is 0 Å². The lowest BCUT2D eigenvalue weighted by Gasteiger charge is -2.46. The van der Waals surface area contributed by atoms with Crippen LogP contribution in [0.15, 0.2) is 22.7 Å². The summed E-state index contributed by atoms with van der Waals surface area (Å²) in [5.41, 5.74) is 1.11. The molecule has 2 heterocycles. The Bertz CT molecular complexity index is 677. The second-order valence-corrected chi connectivity index (χ2v) is 8.07. The smallest absolute Gasteiger partial charge is 0.255 e. The fourth-order valence-electron chi connectivity index (χ4n) is 4.18. The van der Waals surface area contributed by atoms with Crippen LogP contribution in [0.25, 0.3) is 0 Å². The fraction of sp³-hybridized carbons (Fsp3) is 0.556. The van der Waals surface area contributed by atoms with Crippen LogP contribution in [-0.2, 0) is 4.79 Å². The molecule has 1 aromatic rings. The van der Waals surface area contributed by atoms with E-state index in [2.05, 4.69) is 26.6 Å². The van der Waals surface area contributed by atoms with E-state index >= 15 is 0 Å². The summed E-state index contributed by atoms with van der Waals surface area (Å²) in [5, 5.41) is 6.64. The first-order valence-electron chi connectivity index (χ1n) is 8.75. The van der Waals surface area contributed by atoms with E-state index in [1.165, 1.54) is 12.8 Å². The molecule has 6 heteroatoms. The highest BCUT2D eigenvalue weighted by molar-refractivity contribution is 9.10. The van der Waals surface area contributed by atoms with Crippen molar-refractivity contribution in [2.45, 2.75) is 44.2 Å². The zero-order valence-electron chi connectivity index (χ0n) is 13.6. The summed E-state index contributed by atoms with van der Waals surface area (Å²) in [4.78, 5) is 27.1. The highest BCUT2D eigenvalue weighted by atomic mass is 79.9. The average molecular weight is 392 g/mol. The van der Waals surface area contributed by atoms with E-state index in [-0.39, 0.29) is 11.8 Å². The Morgan fingerprint density at radius 1 is 1.17 bits per heavy atom. The van der Waals surface area contributed by atoms with E-state index in [0.29, 0.717) is 24.6 Å². The third-order valence-corrected chi connectivity index (χ3v) is 6.08. The van der Waals surface area contributed by atoms with Crippen molar-refractivity contribution in [3.8, 4) is 0 Å². The van der Waals surface area contributed by atoms with Gasteiger partial charge in [-0.2, -0.15) is 0 Å². The molecule has 24 heavy (non-hydrogen) atoms. The number of rotatable bonds is 1. The van der Waals surface area contributed by atoms with Crippen LogP contribution < -0.4 is 10.6 Å². The van der Waals surface area contributed by atoms with E-state index in [9.17, 15) is 9.59 Å². The summed E-state index contributed by atoms with van der Waals surface area (Å²) in [6, 6.07) is 5.72. The number of anilines is 1. The Morgan fingerprint density at radius 3 is 2.58 bits per heavy atom. The monoisotopic (exact) mass is 391 g/mol. The number of piperidine rings is 1. The molecule has 4 rings (SSSR count). The highest BCUT2D eigenvalue weighted by Gasteiger charge is 2.41. The summed E-state index contributed by atoms with van der Waals surface area (Å²) in [6.07, 6.45) is 5.92. The van der Waals surface area contributed by atoms with Gasteiger partial charge < -0.3 is 15.5 Å². The summed E-state index contributed by atoms with van der Waals surface area (Å²) >= 11 is 3.41. The maximum absolute atomic E-state index is 12.6. The molecular weight excluding hydrogens is 370 g/mol. The Kier molecular flexibility index (Phi) is 4.03. The van der Waals surface area contributed by atoms with Gasteiger partial charge in [0.15, 0.2) is 0 Å². The van der Waals surface area contributed by atoms with E-state index in [1.807, 2.05) is 23.1 Å². The van der Waals surface area contributed by atoms with Crippen LogP contribution in [0.4, 0.5) is 5.69 Å². The van der Waals surface area contributed by atoms with Crippen LogP contribution >= 0.6 is 15.9 Å². The minimum atomic E-state index is -0.426. The second kappa shape index (κ2) is 6.06. The number of hydrogen-bond donors (Lipinski definition) is 2. The molecule has 1 spiro atoms. The van der Waals surface area contributed by atoms with Crippen molar-refractivity contribution in [1.29, 1.82) is 0 Å². The quantitative estimate of drug-likeness (QED) is 0.772. The number of likely N-dealkylation sites (tertiary alicyclic amines) is 1. The van der Waals surface area contributed by atoms with Gasteiger partial charge in [-0.3, -0.25) is 9.59 Å². The molecule has 1 saturated carbocycles. The largest absolute Gasteiger partial charge is 0.362 e. The number of hydrogen-bond acceptors (Lipinski definition) is 3. The van der Waals surface area contributed by atoms with E-state index < -0.39 is 5.66 Å². The van der Waals surface area contributed by atoms with Crippen molar-refractivity contribution < 1.29 is 9.59 Å². The molecule has 1 aliphatic carbocycles. The Labute approximate surface area is 150 Å². The lowest BCUT2D eigenvalue weighted by atomic mass is 9.91. The first kappa shape index (κ1) is 15.9. The Morgan fingerprint density at radius 2 is 1.88 bits per heavy atom. The number of benzene rings is 1. The molecule has 1 saturated heterocycles. The zero-order chi connectivity index (χ0) is 16.7. The molecule has 0 unspecified atom stereocenters. The molecule has 2 N–H and O–H groups in total.